The van der Waals surface area contributed by atoms with Gasteiger partial charge in [-0.05, 0) is 61.2 Å². The highest BCUT2D eigenvalue weighted by Crippen LogP contribution is 2.37. The summed E-state index contributed by atoms with van der Waals surface area (Å²) in [5, 5.41) is 6.64. The quantitative estimate of drug-likeness (QED) is 0.619. The molecule has 2 aliphatic carbocycles. The molecule has 2 atom stereocenters. The Hall–Kier alpha value is -0.200. The highest BCUT2D eigenvalue weighted by Gasteiger charge is 2.27. The number of nitrogens with one attached hydrogen (secondary N) is 2. The normalized spacial score (nSPS) is 38.9. The standard InChI is InChI=1S/C10H20.C8H16.C6H14N2.3H2O/c1-7-5-8(2)10(4)9(3)6-7;1-7-3-5-8(2)6-4-7;1-5-3-7-6(2)8-4-5;;;/h7-10H,5-6H2,1-4H3;7-8H,3-6H2,1-2H3;5-8H,3-4H2,1-2H3;3*1H2. The van der Waals surface area contributed by atoms with Crippen LogP contribution in [0.2, 0.25) is 0 Å². The van der Waals surface area contributed by atoms with Crippen molar-refractivity contribution in [3.63, 3.8) is 0 Å². The van der Waals surface area contributed by atoms with Crippen LogP contribution in [0.4, 0.5) is 0 Å². The Balaban J connectivity index is -0.000000335. The minimum atomic E-state index is 0. The lowest BCUT2D eigenvalue weighted by atomic mass is 9.71. The molecule has 0 amide bonds. The molecular formula is C24H56N2O3. The van der Waals surface area contributed by atoms with Crippen molar-refractivity contribution in [3.8, 4) is 0 Å². The average molecular weight is 421 g/mol. The van der Waals surface area contributed by atoms with Crippen LogP contribution in [-0.4, -0.2) is 35.7 Å². The van der Waals surface area contributed by atoms with Gasteiger partial charge >= 0.3 is 0 Å². The summed E-state index contributed by atoms with van der Waals surface area (Å²) >= 11 is 0. The summed E-state index contributed by atoms with van der Waals surface area (Å²) in [6.45, 7) is 21.0. The number of rotatable bonds is 0. The minimum Gasteiger partial charge on any atom is -0.412 e. The summed E-state index contributed by atoms with van der Waals surface area (Å²) in [7, 11) is 0. The van der Waals surface area contributed by atoms with Gasteiger partial charge in [-0.2, -0.15) is 0 Å². The van der Waals surface area contributed by atoms with Gasteiger partial charge in [0.15, 0.2) is 0 Å². The zero-order valence-corrected chi connectivity index (χ0v) is 20.8. The molecule has 2 unspecified atom stereocenters. The molecule has 0 bridgehead atoms. The van der Waals surface area contributed by atoms with Gasteiger partial charge in [0.05, 0.1) is 6.17 Å². The van der Waals surface area contributed by atoms with E-state index in [0.717, 1.165) is 54.5 Å². The van der Waals surface area contributed by atoms with Gasteiger partial charge in [-0.25, -0.2) is 0 Å². The molecule has 29 heavy (non-hydrogen) atoms. The van der Waals surface area contributed by atoms with E-state index in [1.165, 1.54) is 38.5 Å². The molecular weight excluding hydrogens is 364 g/mol. The van der Waals surface area contributed by atoms with Crippen molar-refractivity contribution in [1.29, 1.82) is 0 Å². The molecule has 0 aromatic carbocycles. The predicted molar refractivity (Wildman–Crippen MR) is 128 cm³/mol. The largest absolute Gasteiger partial charge is 0.412 e. The first-order valence-corrected chi connectivity index (χ1v) is 11.7. The SMILES string of the molecule is CC1CC(C)C(C)C(C)C1.CC1CCC(C)CC1.CC1CNC(C)NC1.O.O.O. The van der Waals surface area contributed by atoms with E-state index >= 15 is 0 Å². The molecule has 8 N–H and O–H groups in total. The Morgan fingerprint density at radius 2 is 0.828 bits per heavy atom. The second-order valence-corrected chi connectivity index (χ2v) is 10.4. The third-order valence-corrected chi connectivity index (χ3v) is 7.19. The first-order chi connectivity index (χ1) is 12.2. The van der Waals surface area contributed by atoms with Crippen molar-refractivity contribution in [1.82, 2.24) is 10.6 Å². The van der Waals surface area contributed by atoms with E-state index in [9.17, 15) is 0 Å². The maximum atomic E-state index is 3.32. The van der Waals surface area contributed by atoms with Crippen LogP contribution in [0, 0.1) is 41.4 Å². The lowest BCUT2D eigenvalue weighted by Gasteiger charge is -2.35. The molecule has 3 fully saturated rings. The van der Waals surface area contributed by atoms with Crippen molar-refractivity contribution < 1.29 is 16.4 Å². The smallest absolute Gasteiger partial charge is 0.0542 e. The Morgan fingerprint density at radius 3 is 1.14 bits per heavy atom. The van der Waals surface area contributed by atoms with Crippen LogP contribution in [0.1, 0.15) is 93.9 Å². The monoisotopic (exact) mass is 420 g/mol. The van der Waals surface area contributed by atoms with Gasteiger partial charge < -0.3 is 27.1 Å². The van der Waals surface area contributed by atoms with Gasteiger partial charge in [-0.15, -0.1) is 0 Å². The molecule has 0 spiro atoms. The maximum absolute atomic E-state index is 3.32. The van der Waals surface area contributed by atoms with E-state index in [-0.39, 0.29) is 16.4 Å². The maximum Gasteiger partial charge on any atom is 0.0542 e. The van der Waals surface area contributed by atoms with Gasteiger partial charge in [-0.1, -0.05) is 74.1 Å². The van der Waals surface area contributed by atoms with E-state index in [0.29, 0.717) is 6.17 Å². The molecule has 3 rings (SSSR count). The molecule has 5 heteroatoms. The lowest BCUT2D eigenvalue weighted by Crippen LogP contribution is -2.50. The second kappa shape index (κ2) is 17.5. The molecule has 5 nitrogen and oxygen atoms in total. The van der Waals surface area contributed by atoms with Crippen LogP contribution in [0.25, 0.3) is 0 Å². The third kappa shape index (κ3) is 14.4. The highest BCUT2D eigenvalue weighted by atomic mass is 16.0. The van der Waals surface area contributed by atoms with E-state index < -0.39 is 0 Å². The Labute approximate surface area is 182 Å². The van der Waals surface area contributed by atoms with Crippen LogP contribution < -0.4 is 10.6 Å². The zero-order chi connectivity index (χ0) is 19.7. The van der Waals surface area contributed by atoms with Crippen molar-refractivity contribution in [2.24, 2.45) is 41.4 Å². The molecule has 1 saturated heterocycles. The molecule has 180 valence electrons. The molecule has 1 aliphatic heterocycles. The van der Waals surface area contributed by atoms with Crippen molar-refractivity contribution in [3.05, 3.63) is 0 Å². The van der Waals surface area contributed by atoms with Crippen LogP contribution >= 0.6 is 0 Å². The van der Waals surface area contributed by atoms with Crippen LogP contribution in [0.15, 0.2) is 0 Å². The second-order valence-electron chi connectivity index (χ2n) is 10.4. The molecule has 0 radical (unpaired) electrons. The highest BCUT2D eigenvalue weighted by molar-refractivity contribution is 4.77. The average Bonchev–Trinajstić information content (AvgIpc) is 2.59. The van der Waals surface area contributed by atoms with Crippen molar-refractivity contribution in [2.75, 3.05) is 13.1 Å². The fraction of sp³-hybridized carbons (Fsp3) is 1.00. The molecule has 0 aromatic rings. The Bertz CT molecular complexity index is 302. The van der Waals surface area contributed by atoms with E-state index in [4.69, 9.17) is 0 Å². The van der Waals surface area contributed by atoms with E-state index in [1.807, 2.05) is 0 Å². The lowest BCUT2D eigenvalue weighted by molar-refractivity contribution is 0.151. The predicted octanol–water partition coefficient (Wildman–Crippen LogP) is 3.84. The van der Waals surface area contributed by atoms with Crippen LogP contribution in [-0.2, 0) is 0 Å². The molecule has 3 aliphatic rings. The van der Waals surface area contributed by atoms with E-state index in [1.54, 1.807) is 0 Å². The van der Waals surface area contributed by atoms with E-state index in [2.05, 4.69) is 66.0 Å². The van der Waals surface area contributed by atoms with Crippen LogP contribution in [0.5, 0.6) is 0 Å². The number of hydrogen-bond acceptors (Lipinski definition) is 2. The zero-order valence-electron chi connectivity index (χ0n) is 20.8. The summed E-state index contributed by atoms with van der Waals surface area (Å²) in [5.74, 6) is 6.68. The molecule has 2 saturated carbocycles. The van der Waals surface area contributed by atoms with Crippen molar-refractivity contribution in [2.45, 2.75) is 100 Å². The minimum absolute atomic E-state index is 0. The Morgan fingerprint density at radius 1 is 0.483 bits per heavy atom. The van der Waals surface area contributed by atoms with Gasteiger partial charge in [0, 0.05) is 13.1 Å². The summed E-state index contributed by atoms with van der Waals surface area (Å²) in [5.41, 5.74) is 0. The first-order valence-electron chi connectivity index (χ1n) is 11.7. The topological polar surface area (TPSA) is 119 Å². The van der Waals surface area contributed by atoms with Gasteiger partial charge in [0.1, 0.15) is 0 Å². The first kappa shape index (κ1) is 33.4. The fourth-order valence-corrected chi connectivity index (χ4v) is 4.68. The summed E-state index contributed by atoms with van der Waals surface area (Å²) < 4.78 is 0. The summed E-state index contributed by atoms with van der Waals surface area (Å²) in [6, 6.07) is 0. The van der Waals surface area contributed by atoms with Gasteiger partial charge in [0.25, 0.3) is 0 Å². The van der Waals surface area contributed by atoms with Gasteiger partial charge in [-0.3, -0.25) is 0 Å². The summed E-state index contributed by atoms with van der Waals surface area (Å²) in [6.07, 6.45) is 9.31. The fourth-order valence-electron chi connectivity index (χ4n) is 4.68. The number of hydrogen-bond donors (Lipinski definition) is 2. The third-order valence-electron chi connectivity index (χ3n) is 7.19. The van der Waals surface area contributed by atoms with Gasteiger partial charge in [0.2, 0.25) is 0 Å². The molecule has 0 aromatic heterocycles. The summed E-state index contributed by atoms with van der Waals surface area (Å²) in [4.78, 5) is 0. The van der Waals surface area contributed by atoms with Crippen LogP contribution in [0.3, 0.4) is 0 Å². The molecule has 1 heterocycles. The Kier molecular flexibility index (Phi) is 20.2. The van der Waals surface area contributed by atoms with Crippen molar-refractivity contribution >= 4 is 0 Å².